The van der Waals surface area contributed by atoms with Crippen molar-refractivity contribution < 1.29 is 13.2 Å². The van der Waals surface area contributed by atoms with Gasteiger partial charge in [0.15, 0.2) is 0 Å². The Morgan fingerprint density at radius 2 is 1.89 bits per heavy atom. The van der Waals surface area contributed by atoms with Crippen LogP contribution >= 0.6 is 12.4 Å². The third-order valence-electron chi connectivity index (χ3n) is 6.14. The Labute approximate surface area is 167 Å². The predicted octanol–water partition coefficient (Wildman–Crippen LogP) is 2.31. The van der Waals surface area contributed by atoms with Crippen LogP contribution in [0.4, 0.5) is 5.69 Å². The van der Waals surface area contributed by atoms with E-state index in [1.165, 1.54) is 17.1 Å². The highest BCUT2D eigenvalue weighted by Gasteiger charge is 2.37. The van der Waals surface area contributed by atoms with Crippen LogP contribution in [-0.4, -0.2) is 56.7 Å². The van der Waals surface area contributed by atoms with Gasteiger partial charge in [0.2, 0.25) is 10.0 Å². The second kappa shape index (κ2) is 7.60. The van der Waals surface area contributed by atoms with Crippen LogP contribution in [0.1, 0.15) is 48.0 Å². The zero-order chi connectivity index (χ0) is 18.5. The van der Waals surface area contributed by atoms with Gasteiger partial charge in [0.1, 0.15) is 0 Å². The van der Waals surface area contributed by atoms with Crippen LogP contribution < -0.4 is 9.62 Å². The van der Waals surface area contributed by atoms with Crippen LogP contribution in [0.3, 0.4) is 0 Å². The minimum atomic E-state index is -3.20. The maximum absolute atomic E-state index is 13.0. The molecular weight excluding hydrogens is 386 g/mol. The van der Waals surface area contributed by atoms with Crippen LogP contribution in [0.15, 0.2) is 18.2 Å². The van der Waals surface area contributed by atoms with E-state index in [4.69, 9.17) is 0 Å². The average Bonchev–Trinajstić information content (AvgIpc) is 3.13. The fourth-order valence-electron chi connectivity index (χ4n) is 4.67. The quantitative estimate of drug-likeness (QED) is 0.825. The molecule has 3 fully saturated rings. The van der Waals surface area contributed by atoms with Gasteiger partial charge >= 0.3 is 0 Å². The van der Waals surface area contributed by atoms with Crippen molar-refractivity contribution in [1.29, 1.82) is 0 Å². The van der Waals surface area contributed by atoms with Crippen molar-refractivity contribution in [3.63, 3.8) is 0 Å². The summed E-state index contributed by atoms with van der Waals surface area (Å²) in [5, 5.41) is 3.61. The van der Waals surface area contributed by atoms with Gasteiger partial charge in [-0.2, -0.15) is 0 Å². The maximum Gasteiger partial charge on any atom is 0.254 e. The number of fused-ring (bicyclic) bond motifs is 2. The van der Waals surface area contributed by atoms with E-state index in [1.54, 1.807) is 12.1 Å². The summed E-state index contributed by atoms with van der Waals surface area (Å²) >= 11 is 0. The summed E-state index contributed by atoms with van der Waals surface area (Å²) in [5.74, 6) is 0.234. The average molecular weight is 414 g/mol. The molecule has 150 valence electrons. The first-order valence-corrected chi connectivity index (χ1v) is 11.1. The first kappa shape index (κ1) is 20.4. The number of nitrogens with zero attached hydrogens (tertiary/aromatic N) is 2. The Hall–Kier alpha value is -1.31. The van der Waals surface area contributed by atoms with E-state index in [0.717, 1.165) is 18.4 Å². The number of amides is 1. The Bertz CT molecular complexity index is 817. The zero-order valence-corrected chi connectivity index (χ0v) is 17.5. The lowest BCUT2D eigenvalue weighted by Gasteiger charge is -2.36. The van der Waals surface area contributed by atoms with Gasteiger partial charge in [-0.1, -0.05) is 0 Å². The molecule has 0 saturated carbocycles. The lowest BCUT2D eigenvalue weighted by atomic mass is 9.97. The van der Waals surface area contributed by atoms with E-state index >= 15 is 0 Å². The number of piperidine rings is 1. The second-order valence-electron chi connectivity index (χ2n) is 7.92. The van der Waals surface area contributed by atoms with Crippen molar-refractivity contribution in [1.82, 2.24) is 10.2 Å². The Morgan fingerprint density at radius 1 is 1.22 bits per heavy atom. The van der Waals surface area contributed by atoms with Gasteiger partial charge in [-0.15, -0.1) is 12.4 Å². The Morgan fingerprint density at radius 3 is 2.44 bits per heavy atom. The summed E-state index contributed by atoms with van der Waals surface area (Å²) in [4.78, 5) is 14.9. The number of aryl methyl sites for hydroxylation is 1. The molecule has 1 N–H and O–H groups in total. The number of anilines is 1. The molecule has 1 amide bonds. The van der Waals surface area contributed by atoms with E-state index < -0.39 is 10.0 Å². The van der Waals surface area contributed by atoms with Gasteiger partial charge in [0, 0.05) is 37.3 Å². The lowest BCUT2D eigenvalue weighted by molar-refractivity contribution is 0.0681. The van der Waals surface area contributed by atoms with E-state index in [0.29, 0.717) is 36.3 Å². The zero-order valence-electron chi connectivity index (χ0n) is 15.8. The van der Waals surface area contributed by atoms with E-state index in [2.05, 4.69) is 5.32 Å². The number of nitrogens with one attached hydrogen (secondary N) is 1. The molecule has 6 nitrogen and oxygen atoms in total. The largest absolute Gasteiger partial charge is 0.339 e. The highest BCUT2D eigenvalue weighted by atomic mass is 35.5. The molecule has 2 unspecified atom stereocenters. The highest BCUT2D eigenvalue weighted by Crippen LogP contribution is 2.31. The molecule has 1 aromatic rings. The van der Waals surface area contributed by atoms with E-state index in [-0.39, 0.29) is 30.1 Å². The molecule has 27 heavy (non-hydrogen) atoms. The number of carbonyl (C=O) groups excluding carboxylic acids is 1. The first-order chi connectivity index (χ1) is 12.3. The number of sulfonamides is 1. The topological polar surface area (TPSA) is 69.7 Å². The van der Waals surface area contributed by atoms with Gasteiger partial charge in [-0.05, 0) is 62.8 Å². The summed E-state index contributed by atoms with van der Waals surface area (Å²) in [5.41, 5.74) is 2.16. The number of hydrogen-bond acceptors (Lipinski definition) is 4. The number of rotatable bonds is 3. The Kier molecular flexibility index (Phi) is 5.75. The number of benzene rings is 1. The smallest absolute Gasteiger partial charge is 0.254 e. The Balaban J connectivity index is 0.00000210. The standard InChI is InChI=1S/C19H27N3O3S.ClH/c1-13-10-16(22-8-3-9-26(22,24)25)6-7-18(13)19(23)21(2)17-11-14-4-5-15(12-17)20-14;/h6-7,10,14-15,17,20H,3-5,8-9,11-12H2,1-2H3;1H. The number of hydrogen-bond donors (Lipinski definition) is 1. The molecule has 8 heteroatoms. The summed E-state index contributed by atoms with van der Waals surface area (Å²) in [6.45, 7) is 2.41. The fraction of sp³-hybridized carbons (Fsp3) is 0.632. The van der Waals surface area contributed by atoms with E-state index in [1.807, 2.05) is 24.9 Å². The van der Waals surface area contributed by atoms with Crippen molar-refractivity contribution in [2.45, 2.75) is 57.2 Å². The molecular formula is C19H28ClN3O3S. The summed E-state index contributed by atoms with van der Waals surface area (Å²) in [7, 11) is -1.30. The molecule has 3 aliphatic heterocycles. The molecule has 0 spiro atoms. The molecule has 4 rings (SSSR count). The lowest BCUT2D eigenvalue weighted by Crippen LogP contribution is -2.48. The predicted molar refractivity (Wildman–Crippen MR) is 109 cm³/mol. The second-order valence-corrected chi connectivity index (χ2v) is 9.93. The van der Waals surface area contributed by atoms with E-state index in [9.17, 15) is 13.2 Å². The molecule has 0 aromatic heterocycles. The molecule has 3 aliphatic rings. The first-order valence-electron chi connectivity index (χ1n) is 9.49. The van der Waals surface area contributed by atoms with Crippen molar-refractivity contribution in [2.24, 2.45) is 0 Å². The van der Waals surface area contributed by atoms with Crippen molar-refractivity contribution in [3.05, 3.63) is 29.3 Å². The fourth-order valence-corrected chi connectivity index (χ4v) is 6.23. The van der Waals surface area contributed by atoms with Crippen molar-refractivity contribution in [2.75, 3.05) is 23.7 Å². The third-order valence-corrected chi connectivity index (χ3v) is 8.01. The minimum Gasteiger partial charge on any atom is -0.339 e. The molecule has 3 saturated heterocycles. The summed E-state index contributed by atoms with van der Waals surface area (Å²) in [6, 6.07) is 6.74. The SMILES string of the molecule is Cc1cc(N2CCCS2(=O)=O)ccc1C(=O)N(C)C1CC2CCC(C1)N2.Cl. The van der Waals surface area contributed by atoms with Gasteiger partial charge in [0.25, 0.3) is 5.91 Å². The summed E-state index contributed by atoms with van der Waals surface area (Å²) < 4.78 is 25.7. The van der Waals surface area contributed by atoms with Crippen molar-refractivity contribution in [3.8, 4) is 0 Å². The van der Waals surface area contributed by atoms with Crippen LogP contribution in [0.5, 0.6) is 0 Å². The monoisotopic (exact) mass is 413 g/mol. The normalized spacial score (nSPS) is 28.7. The van der Waals surface area contributed by atoms with Crippen LogP contribution in [-0.2, 0) is 10.0 Å². The molecule has 3 heterocycles. The molecule has 2 atom stereocenters. The molecule has 0 aliphatic carbocycles. The number of halogens is 1. The third kappa shape index (κ3) is 3.82. The van der Waals surface area contributed by atoms with Crippen molar-refractivity contribution >= 4 is 34.0 Å². The van der Waals surface area contributed by atoms with Gasteiger partial charge in [0.05, 0.1) is 11.4 Å². The van der Waals surface area contributed by atoms with Gasteiger partial charge in [-0.25, -0.2) is 8.42 Å². The van der Waals surface area contributed by atoms with Crippen LogP contribution in [0.25, 0.3) is 0 Å². The highest BCUT2D eigenvalue weighted by molar-refractivity contribution is 7.93. The molecule has 1 aromatic carbocycles. The maximum atomic E-state index is 13.0. The van der Waals surface area contributed by atoms with Crippen LogP contribution in [0, 0.1) is 6.92 Å². The van der Waals surface area contributed by atoms with Crippen LogP contribution in [0.2, 0.25) is 0 Å². The molecule has 0 radical (unpaired) electrons. The summed E-state index contributed by atoms with van der Waals surface area (Å²) in [6.07, 6.45) is 5.11. The van der Waals surface area contributed by atoms with Gasteiger partial charge in [-0.3, -0.25) is 9.10 Å². The number of carbonyl (C=O) groups is 1. The minimum absolute atomic E-state index is 0. The molecule has 2 bridgehead atoms. The van der Waals surface area contributed by atoms with Gasteiger partial charge < -0.3 is 10.2 Å².